The lowest BCUT2D eigenvalue weighted by atomic mass is 9.96. The number of rotatable bonds is 4. The van der Waals surface area contributed by atoms with E-state index < -0.39 is 0 Å². The minimum absolute atomic E-state index is 0.141. The molecule has 19 heavy (non-hydrogen) atoms. The van der Waals surface area contributed by atoms with Gasteiger partial charge in [-0.25, -0.2) is 0 Å². The molecule has 5 heteroatoms. The molecule has 1 aliphatic rings. The van der Waals surface area contributed by atoms with Gasteiger partial charge < -0.3 is 10.1 Å². The first kappa shape index (κ1) is 13.8. The summed E-state index contributed by atoms with van der Waals surface area (Å²) in [5.74, 6) is 0.610. The summed E-state index contributed by atoms with van der Waals surface area (Å²) in [6, 6.07) is 4.94. The predicted molar refractivity (Wildman–Crippen MR) is 74.5 cm³/mol. The number of nitrogens with one attached hydrogen (secondary N) is 1. The minimum atomic E-state index is -0.364. The largest absolute Gasteiger partial charge is 0.385 e. The van der Waals surface area contributed by atoms with Crippen LogP contribution >= 0.6 is 0 Å². The number of ether oxygens (including phenoxy) is 1. The molecule has 2 atom stereocenters. The Balaban J connectivity index is 1.94. The van der Waals surface area contributed by atoms with Crippen molar-refractivity contribution in [3.63, 3.8) is 0 Å². The molecule has 0 aliphatic carbocycles. The zero-order chi connectivity index (χ0) is 13.8. The Hall–Kier alpha value is -1.62. The maximum absolute atomic E-state index is 10.7. The molecule has 0 bridgehead atoms. The number of hydrogen-bond donors (Lipinski definition) is 1. The Bertz CT molecular complexity index is 462. The van der Waals surface area contributed by atoms with Gasteiger partial charge in [0.1, 0.15) is 0 Å². The molecule has 0 radical (unpaired) electrons. The summed E-state index contributed by atoms with van der Waals surface area (Å²) in [6.07, 6.45) is 2.47. The van der Waals surface area contributed by atoms with Crippen LogP contribution in [-0.2, 0) is 4.74 Å². The van der Waals surface area contributed by atoms with Crippen molar-refractivity contribution >= 4 is 11.4 Å². The lowest BCUT2D eigenvalue weighted by Crippen LogP contribution is -2.27. The van der Waals surface area contributed by atoms with Crippen molar-refractivity contribution < 1.29 is 9.66 Å². The predicted octanol–water partition coefficient (Wildman–Crippen LogP) is 3.13. The van der Waals surface area contributed by atoms with Gasteiger partial charge in [-0.1, -0.05) is 0 Å². The van der Waals surface area contributed by atoms with Crippen LogP contribution in [0, 0.1) is 23.0 Å². The highest BCUT2D eigenvalue weighted by molar-refractivity contribution is 5.55. The van der Waals surface area contributed by atoms with E-state index in [1.807, 2.05) is 6.92 Å². The van der Waals surface area contributed by atoms with Crippen LogP contribution in [0.25, 0.3) is 0 Å². The monoisotopic (exact) mass is 264 g/mol. The topological polar surface area (TPSA) is 64.4 Å². The number of hydrogen-bond acceptors (Lipinski definition) is 4. The summed E-state index contributed by atoms with van der Waals surface area (Å²) in [6.45, 7) is 5.71. The number of nitrogens with zero attached hydrogens (tertiary/aromatic N) is 1. The van der Waals surface area contributed by atoms with E-state index in [-0.39, 0.29) is 10.6 Å². The Labute approximate surface area is 113 Å². The van der Waals surface area contributed by atoms with E-state index in [0.29, 0.717) is 12.0 Å². The molecule has 1 aromatic rings. The van der Waals surface area contributed by atoms with Crippen LogP contribution in [0.4, 0.5) is 11.4 Å². The fourth-order valence-corrected chi connectivity index (χ4v) is 2.49. The van der Waals surface area contributed by atoms with E-state index in [9.17, 15) is 10.1 Å². The second kappa shape index (κ2) is 6.02. The zero-order valence-corrected chi connectivity index (χ0v) is 11.4. The quantitative estimate of drug-likeness (QED) is 0.670. The lowest BCUT2D eigenvalue weighted by molar-refractivity contribution is -0.384. The molecule has 1 saturated heterocycles. The van der Waals surface area contributed by atoms with Gasteiger partial charge in [-0.15, -0.1) is 0 Å². The van der Waals surface area contributed by atoms with Gasteiger partial charge in [0, 0.05) is 31.0 Å². The highest BCUT2D eigenvalue weighted by Crippen LogP contribution is 2.24. The van der Waals surface area contributed by atoms with Crippen molar-refractivity contribution in [2.75, 3.05) is 18.5 Å². The molecule has 0 aromatic heterocycles. The first-order valence-electron chi connectivity index (χ1n) is 6.67. The average Bonchev–Trinajstić information content (AvgIpc) is 2.37. The Morgan fingerprint density at radius 2 is 2.32 bits per heavy atom. The second-order valence-electron chi connectivity index (χ2n) is 5.21. The summed E-state index contributed by atoms with van der Waals surface area (Å²) < 4.78 is 5.52. The van der Waals surface area contributed by atoms with Crippen LogP contribution in [-0.4, -0.2) is 24.2 Å². The number of benzene rings is 1. The second-order valence-corrected chi connectivity index (χ2v) is 5.21. The van der Waals surface area contributed by atoms with Gasteiger partial charge in [-0.3, -0.25) is 10.1 Å². The van der Waals surface area contributed by atoms with Crippen LogP contribution in [0.1, 0.15) is 25.3 Å². The van der Waals surface area contributed by atoms with E-state index in [2.05, 4.69) is 12.2 Å². The molecule has 0 unspecified atom stereocenters. The highest BCUT2D eigenvalue weighted by Gasteiger charge is 2.19. The standard InChI is InChI=1S/C14H20N2O3/c1-10-7-13(16(17)18)3-4-14(10)15-9-12-5-6-19-11(2)8-12/h3-4,7,11-12,15H,5-6,8-9H2,1-2H3/t11-,12-/m1/s1. The zero-order valence-electron chi connectivity index (χ0n) is 11.4. The van der Waals surface area contributed by atoms with Gasteiger partial charge in [-0.05, 0) is 44.2 Å². The van der Waals surface area contributed by atoms with Crippen LogP contribution in [0.2, 0.25) is 0 Å². The smallest absolute Gasteiger partial charge is 0.269 e. The number of nitro benzene ring substituents is 1. The number of non-ortho nitro benzene ring substituents is 1. The van der Waals surface area contributed by atoms with E-state index in [0.717, 1.165) is 37.2 Å². The third-order valence-electron chi connectivity index (χ3n) is 3.60. The molecule has 5 nitrogen and oxygen atoms in total. The summed E-state index contributed by atoms with van der Waals surface area (Å²) in [4.78, 5) is 10.3. The van der Waals surface area contributed by atoms with Crippen LogP contribution in [0.5, 0.6) is 0 Å². The first-order chi connectivity index (χ1) is 9.06. The van der Waals surface area contributed by atoms with E-state index in [1.165, 1.54) is 0 Å². The molecule has 0 saturated carbocycles. The Morgan fingerprint density at radius 1 is 1.53 bits per heavy atom. The van der Waals surface area contributed by atoms with Crippen molar-refractivity contribution in [1.82, 2.24) is 0 Å². The Morgan fingerprint density at radius 3 is 2.95 bits per heavy atom. The molecule has 1 heterocycles. The van der Waals surface area contributed by atoms with Gasteiger partial charge in [0.25, 0.3) is 5.69 Å². The first-order valence-corrected chi connectivity index (χ1v) is 6.67. The maximum atomic E-state index is 10.7. The van der Waals surface area contributed by atoms with E-state index >= 15 is 0 Å². The number of nitro groups is 1. The number of aryl methyl sites for hydroxylation is 1. The molecule has 1 aliphatic heterocycles. The fourth-order valence-electron chi connectivity index (χ4n) is 2.49. The number of anilines is 1. The third kappa shape index (κ3) is 3.67. The van der Waals surface area contributed by atoms with Crippen molar-refractivity contribution in [2.24, 2.45) is 5.92 Å². The van der Waals surface area contributed by atoms with Gasteiger partial charge in [0.15, 0.2) is 0 Å². The molecule has 1 N–H and O–H groups in total. The molecule has 2 rings (SSSR count). The lowest BCUT2D eigenvalue weighted by Gasteiger charge is -2.27. The van der Waals surface area contributed by atoms with Gasteiger partial charge in [-0.2, -0.15) is 0 Å². The average molecular weight is 264 g/mol. The normalized spacial score (nSPS) is 23.1. The van der Waals surface area contributed by atoms with Crippen molar-refractivity contribution in [1.29, 1.82) is 0 Å². The molecule has 1 aromatic carbocycles. The van der Waals surface area contributed by atoms with Crippen molar-refractivity contribution in [2.45, 2.75) is 32.8 Å². The summed E-state index contributed by atoms with van der Waals surface area (Å²) >= 11 is 0. The fraction of sp³-hybridized carbons (Fsp3) is 0.571. The third-order valence-corrected chi connectivity index (χ3v) is 3.60. The van der Waals surface area contributed by atoms with E-state index in [4.69, 9.17) is 4.74 Å². The summed E-state index contributed by atoms with van der Waals surface area (Å²) in [7, 11) is 0. The minimum Gasteiger partial charge on any atom is -0.385 e. The molecular weight excluding hydrogens is 244 g/mol. The van der Waals surface area contributed by atoms with Crippen LogP contribution in [0.15, 0.2) is 18.2 Å². The van der Waals surface area contributed by atoms with Crippen molar-refractivity contribution in [3.8, 4) is 0 Å². The van der Waals surface area contributed by atoms with Gasteiger partial charge >= 0.3 is 0 Å². The van der Waals surface area contributed by atoms with Gasteiger partial charge in [0.2, 0.25) is 0 Å². The molecule has 0 spiro atoms. The highest BCUT2D eigenvalue weighted by atomic mass is 16.6. The molecule has 104 valence electrons. The van der Waals surface area contributed by atoms with Gasteiger partial charge in [0.05, 0.1) is 11.0 Å². The molecule has 0 amide bonds. The SMILES string of the molecule is Cc1cc([N+](=O)[O-])ccc1NC[C@@H]1CCO[C@H](C)C1. The van der Waals surface area contributed by atoms with Crippen LogP contribution < -0.4 is 5.32 Å². The van der Waals surface area contributed by atoms with Crippen molar-refractivity contribution in [3.05, 3.63) is 33.9 Å². The van der Waals surface area contributed by atoms with Crippen LogP contribution in [0.3, 0.4) is 0 Å². The molecule has 1 fully saturated rings. The summed E-state index contributed by atoms with van der Waals surface area (Å²) in [5, 5.41) is 14.1. The molecular formula is C14H20N2O3. The summed E-state index contributed by atoms with van der Waals surface area (Å²) in [5.41, 5.74) is 2.03. The Kier molecular flexibility index (Phi) is 4.37. The van der Waals surface area contributed by atoms with E-state index in [1.54, 1.807) is 18.2 Å². The maximum Gasteiger partial charge on any atom is 0.269 e.